The number of hydrogen-bond acceptors (Lipinski definition) is 4. The van der Waals surface area contributed by atoms with E-state index in [0.29, 0.717) is 19.5 Å². The molecule has 0 saturated carbocycles. The van der Waals surface area contributed by atoms with Crippen LogP contribution in [0.2, 0.25) is 0 Å². The minimum Gasteiger partial charge on any atom is -0.496 e. The van der Waals surface area contributed by atoms with E-state index in [9.17, 15) is 9.59 Å². The third kappa shape index (κ3) is 4.65. The Labute approximate surface area is 159 Å². The highest BCUT2D eigenvalue weighted by atomic mass is 16.5. The van der Waals surface area contributed by atoms with Gasteiger partial charge >= 0.3 is 0 Å². The van der Waals surface area contributed by atoms with Gasteiger partial charge in [0.1, 0.15) is 11.8 Å². The van der Waals surface area contributed by atoms with Crippen LogP contribution in [0.4, 0.5) is 0 Å². The van der Waals surface area contributed by atoms with Crippen LogP contribution in [0, 0.1) is 0 Å². The summed E-state index contributed by atoms with van der Waals surface area (Å²) < 4.78 is 5.28. The Balaban J connectivity index is 1.51. The third-order valence-corrected chi connectivity index (χ3v) is 4.80. The standard InChI is InChI=1S/C21H25N3O3/c1-14(20(25)23-13-17-9-5-6-10-19(17)27-2)24-21(26)18-11-15-7-3-4-8-16(15)12-22-18/h3-10,14,18,22H,11-13H2,1-2H3,(H,23,25)(H,24,26)/t14-,18-/m1/s1. The maximum absolute atomic E-state index is 12.5. The van der Waals surface area contributed by atoms with Crippen molar-refractivity contribution in [3.63, 3.8) is 0 Å². The molecule has 2 atom stereocenters. The number of para-hydroxylation sites is 1. The fourth-order valence-corrected chi connectivity index (χ4v) is 3.20. The van der Waals surface area contributed by atoms with Crippen molar-refractivity contribution in [1.29, 1.82) is 0 Å². The smallest absolute Gasteiger partial charge is 0.242 e. The van der Waals surface area contributed by atoms with Gasteiger partial charge in [-0.15, -0.1) is 0 Å². The van der Waals surface area contributed by atoms with E-state index < -0.39 is 6.04 Å². The molecule has 0 spiro atoms. The van der Waals surface area contributed by atoms with Gasteiger partial charge in [0, 0.05) is 18.7 Å². The molecule has 3 rings (SSSR count). The van der Waals surface area contributed by atoms with Crippen LogP contribution in [-0.4, -0.2) is 31.0 Å². The summed E-state index contributed by atoms with van der Waals surface area (Å²) >= 11 is 0. The molecule has 6 nitrogen and oxygen atoms in total. The van der Waals surface area contributed by atoms with E-state index in [4.69, 9.17) is 4.74 Å². The summed E-state index contributed by atoms with van der Waals surface area (Å²) in [6, 6.07) is 14.6. The fourth-order valence-electron chi connectivity index (χ4n) is 3.20. The summed E-state index contributed by atoms with van der Waals surface area (Å²) in [7, 11) is 1.60. The maximum atomic E-state index is 12.5. The highest BCUT2D eigenvalue weighted by molar-refractivity contribution is 5.89. The molecule has 0 saturated heterocycles. The monoisotopic (exact) mass is 367 g/mol. The van der Waals surface area contributed by atoms with Gasteiger partial charge in [0.15, 0.2) is 0 Å². The minimum atomic E-state index is -0.619. The van der Waals surface area contributed by atoms with Gasteiger partial charge in [-0.1, -0.05) is 42.5 Å². The van der Waals surface area contributed by atoms with E-state index in [1.165, 1.54) is 11.1 Å². The molecule has 2 aromatic carbocycles. The van der Waals surface area contributed by atoms with Gasteiger partial charge in [-0.05, 0) is 30.5 Å². The minimum absolute atomic E-state index is 0.163. The fraction of sp³-hybridized carbons (Fsp3) is 0.333. The summed E-state index contributed by atoms with van der Waals surface area (Å²) in [4.78, 5) is 24.9. The summed E-state index contributed by atoms with van der Waals surface area (Å²) in [6.45, 7) is 2.69. The number of fused-ring (bicyclic) bond motifs is 1. The molecular weight excluding hydrogens is 342 g/mol. The van der Waals surface area contributed by atoms with Crippen molar-refractivity contribution in [2.45, 2.75) is 38.5 Å². The molecule has 1 aliphatic rings. The molecule has 3 N–H and O–H groups in total. The maximum Gasteiger partial charge on any atom is 0.242 e. The summed E-state index contributed by atoms with van der Waals surface area (Å²) in [6.07, 6.45) is 0.623. The van der Waals surface area contributed by atoms with Crippen LogP contribution in [0.5, 0.6) is 5.75 Å². The number of hydrogen-bond donors (Lipinski definition) is 3. The average Bonchev–Trinajstić information content (AvgIpc) is 2.71. The molecule has 0 aliphatic carbocycles. The molecule has 0 radical (unpaired) electrons. The van der Waals surface area contributed by atoms with Crippen LogP contribution >= 0.6 is 0 Å². The van der Waals surface area contributed by atoms with Crippen molar-refractivity contribution in [1.82, 2.24) is 16.0 Å². The summed E-state index contributed by atoms with van der Waals surface area (Å²) in [5.74, 6) is 0.328. The molecule has 0 aromatic heterocycles. The molecule has 142 valence electrons. The predicted molar refractivity (Wildman–Crippen MR) is 103 cm³/mol. The van der Waals surface area contributed by atoms with Gasteiger partial charge in [-0.2, -0.15) is 0 Å². The first-order chi connectivity index (χ1) is 13.1. The Hall–Kier alpha value is -2.86. The van der Waals surface area contributed by atoms with Crippen LogP contribution in [0.3, 0.4) is 0 Å². The van der Waals surface area contributed by atoms with Gasteiger partial charge in [-0.3, -0.25) is 9.59 Å². The van der Waals surface area contributed by atoms with Crippen molar-refractivity contribution in [3.05, 3.63) is 65.2 Å². The van der Waals surface area contributed by atoms with Crippen molar-refractivity contribution < 1.29 is 14.3 Å². The molecule has 0 unspecified atom stereocenters. The lowest BCUT2D eigenvalue weighted by Gasteiger charge is -2.26. The first kappa shape index (κ1) is 18.9. The Morgan fingerprint density at radius 1 is 1.15 bits per heavy atom. The van der Waals surface area contributed by atoms with Crippen LogP contribution in [-0.2, 0) is 29.1 Å². The van der Waals surface area contributed by atoms with E-state index in [0.717, 1.165) is 11.3 Å². The van der Waals surface area contributed by atoms with Gasteiger partial charge in [-0.25, -0.2) is 0 Å². The van der Waals surface area contributed by atoms with E-state index in [1.807, 2.05) is 42.5 Å². The van der Waals surface area contributed by atoms with Crippen molar-refractivity contribution in [2.75, 3.05) is 7.11 Å². The molecule has 0 fully saturated rings. The number of carbonyl (C=O) groups excluding carboxylic acids is 2. The molecule has 27 heavy (non-hydrogen) atoms. The summed E-state index contributed by atoms with van der Waals surface area (Å²) in [5.41, 5.74) is 3.27. The molecule has 1 heterocycles. The zero-order valence-electron chi connectivity index (χ0n) is 15.6. The van der Waals surface area contributed by atoms with Gasteiger partial charge in [0.25, 0.3) is 0 Å². The highest BCUT2D eigenvalue weighted by Gasteiger charge is 2.26. The molecule has 2 aromatic rings. The lowest BCUT2D eigenvalue weighted by Crippen LogP contribution is -2.53. The first-order valence-electron chi connectivity index (χ1n) is 9.08. The molecular formula is C21H25N3O3. The largest absolute Gasteiger partial charge is 0.496 e. The Kier molecular flexibility index (Phi) is 6.08. The highest BCUT2D eigenvalue weighted by Crippen LogP contribution is 2.17. The number of carbonyl (C=O) groups is 2. The van der Waals surface area contributed by atoms with Crippen LogP contribution in [0.15, 0.2) is 48.5 Å². The van der Waals surface area contributed by atoms with Crippen LogP contribution < -0.4 is 20.7 Å². The Bertz CT molecular complexity index is 822. The van der Waals surface area contributed by atoms with Gasteiger partial charge in [0.2, 0.25) is 11.8 Å². The normalized spacial score (nSPS) is 16.7. The van der Waals surface area contributed by atoms with Crippen LogP contribution in [0.25, 0.3) is 0 Å². The number of amides is 2. The lowest BCUT2D eigenvalue weighted by atomic mass is 9.95. The topological polar surface area (TPSA) is 79.5 Å². The van der Waals surface area contributed by atoms with Crippen molar-refractivity contribution in [3.8, 4) is 5.75 Å². The Morgan fingerprint density at radius 3 is 2.63 bits per heavy atom. The second-order valence-electron chi connectivity index (χ2n) is 6.67. The van der Waals surface area contributed by atoms with E-state index in [-0.39, 0.29) is 17.9 Å². The second kappa shape index (κ2) is 8.68. The van der Waals surface area contributed by atoms with E-state index in [1.54, 1.807) is 14.0 Å². The number of nitrogens with one attached hydrogen (secondary N) is 3. The number of methoxy groups -OCH3 is 1. The van der Waals surface area contributed by atoms with Crippen molar-refractivity contribution >= 4 is 11.8 Å². The summed E-state index contributed by atoms with van der Waals surface area (Å²) in [5, 5.41) is 8.88. The van der Waals surface area contributed by atoms with Gasteiger partial charge < -0.3 is 20.7 Å². The quantitative estimate of drug-likeness (QED) is 0.723. The van der Waals surface area contributed by atoms with E-state index in [2.05, 4.69) is 22.0 Å². The first-order valence-corrected chi connectivity index (χ1v) is 9.08. The second-order valence-corrected chi connectivity index (χ2v) is 6.67. The molecule has 1 aliphatic heterocycles. The van der Waals surface area contributed by atoms with Gasteiger partial charge in [0.05, 0.1) is 13.2 Å². The predicted octanol–water partition coefficient (Wildman–Crippen LogP) is 1.53. The zero-order valence-corrected chi connectivity index (χ0v) is 15.6. The molecule has 6 heteroatoms. The Morgan fingerprint density at radius 2 is 1.85 bits per heavy atom. The number of ether oxygens (including phenoxy) is 1. The SMILES string of the molecule is COc1ccccc1CNC(=O)[C@@H](C)NC(=O)[C@H]1Cc2ccccc2CN1. The van der Waals surface area contributed by atoms with Crippen LogP contribution in [0.1, 0.15) is 23.6 Å². The molecule has 2 amide bonds. The average molecular weight is 367 g/mol. The molecule has 0 bridgehead atoms. The van der Waals surface area contributed by atoms with E-state index >= 15 is 0 Å². The zero-order chi connectivity index (χ0) is 19.2. The third-order valence-electron chi connectivity index (χ3n) is 4.80. The van der Waals surface area contributed by atoms with Crippen molar-refractivity contribution in [2.24, 2.45) is 0 Å². The lowest BCUT2D eigenvalue weighted by molar-refractivity contribution is -0.129. The number of benzene rings is 2. The number of rotatable bonds is 6.